The number of hydrogen-bond acceptors (Lipinski definition) is 3. The third-order valence-corrected chi connectivity index (χ3v) is 8.11. The quantitative estimate of drug-likeness (QED) is 0.110. The molecule has 212 valence electrons. The van der Waals surface area contributed by atoms with Gasteiger partial charge in [0.05, 0.1) is 11.8 Å². The Morgan fingerprint density at radius 2 is 1.08 bits per heavy atom. The summed E-state index contributed by atoms with van der Waals surface area (Å²) < 4.78 is 6.02. The Balaban J connectivity index is 2.35. The normalized spacial score (nSPS) is 18.9. The number of carboxylic acid groups (broad SMARTS) is 1. The Bertz CT molecular complexity index is 544. The topological polar surface area (TPSA) is 63.6 Å². The molecule has 0 radical (unpaired) electrons. The Hall–Kier alpha value is -1.06. The number of hydrogen-bond donors (Lipinski definition) is 1. The molecule has 0 saturated heterocycles. The van der Waals surface area contributed by atoms with Crippen molar-refractivity contribution in [2.24, 2.45) is 17.8 Å². The molecule has 1 rings (SSSR count). The molecule has 1 fully saturated rings. The first-order valence-corrected chi connectivity index (χ1v) is 15.9. The van der Waals surface area contributed by atoms with Crippen molar-refractivity contribution in [1.82, 2.24) is 0 Å². The van der Waals surface area contributed by atoms with E-state index in [2.05, 4.69) is 20.8 Å². The van der Waals surface area contributed by atoms with Crippen LogP contribution in [0, 0.1) is 17.8 Å². The zero-order valence-electron chi connectivity index (χ0n) is 24.2. The molecular formula is C32H60O4. The van der Waals surface area contributed by atoms with Crippen LogP contribution in [0.5, 0.6) is 0 Å². The predicted molar refractivity (Wildman–Crippen MR) is 151 cm³/mol. The molecule has 0 aromatic heterocycles. The van der Waals surface area contributed by atoms with Gasteiger partial charge < -0.3 is 9.84 Å². The molecule has 0 heterocycles. The number of esters is 1. The summed E-state index contributed by atoms with van der Waals surface area (Å²) in [5.41, 5.74) is 0. The van der Waals surface area contributed by atoms with Crippen molar-refractivity contribution in [3.8, 4) is 0 Å². The van der Waals surface area contributed by atoms with Crippen LogP contribution in [-0.2, 0) is 14.3 Å². The average molecular weight is 509 g/mol. The van der Waals surface area contributed by atoms with Crippen LogP contribution >= 0.6 is 0 Å². The zero-order chi connectivity index (χ0) is 26.4. The largest absolute Gasteiger partial charge is 0.481 e. The van der Waals surface area contributed by atoms with E-state index < -0.39 is 17.8 Å². The van der Waals surface area contributed by atoms with Gasteiger partial charge in [-0.2, -0.15) is 0 Å². The maximum absolute atomic E-state index is 13.0. The minimum atomic E-state index is -0.833. The molecule has 0 aliphatic heterocycles. The van der Waals surface area contributed by atoms with Gasteiger partial charge in [-0.1, -0.05) is 130 Å². The van der Waals surface area contributed by atoms with Crippen LogP contribution in [0.1, 0.15) is 168 Å². The number of carbonyl (C=O) groups excluding carboxylic acids is 1. The molecule has 1 aliphatic carbocycles. The van der Waals surface area contributed by atoms with Crippen molar-refractivity contribution in [3.05, 3.63) is 0 Å². The maximum atomic E-state index is 13.0. The van der Waals surface area contributed by atoms with Gasteiger partial charge >= 0.3 is 11.9 Å². The van der Waals surface area contributed by atoms with Crippen molar-refractivity contribution < 1.29 is 19.4 Å². The van der Waals surface area contributed by atoms with Gasteiger partial charge in [0.2, 0.25) is 0 Å². The summed E-state index contributed by atoms with van der Waals surface area (Å²) in [6, 6.07) is 0. The van der Waals surface area contributed by atoms with Gasteiger partial charge in [0.15, 0.2) is 0 Å². The Morgan fingerprint density at radius 3 is 1.53 bits per heavy atom. The van der Waals surface area contributed by atoms with Gasteiger partial charge in [-0.3, -0.25) is 9.59 Å². The molecule has 0 aromatic carbocycles. The monoisotopic (exact) mass is 508 g/mol. The lowest BCUT2D eigenvalue weighted by atomic mass is 9.79. The van der Waals surface area contributed by atoms with Crippen LogP contribution in [-0.4, -0.2) is 23.1 Å². The number of carbonyl (C=O) groups is 2. The van der Waals surface area contributed by atoms with Crippen molar-refractivity contribution in [1.29, 1.82) is 0 Å². The van der Waals surface area contributed by atoms with E-state index in [1.54, 1.807) is 0 Å². The van der Waals surface area contributed by atoms with Crippen molar-refractivity contribution in [3.63, 3.8) is 0 Å². The summed E-state index contributed by atoms with van der Waals surface area (Å²) in [6.45, 7) is 6.86. The highest BCUT2D eigenvalue weighted by atomic mass is 16.5. The number of aliphatic carboxylic acids is 1. The second-order valence-electron chi connectivity index (χ2n) is 12.0. The molecule has 1 saturated carbocycles. The standard InChI is InChI=1S/C32H60O4/c1-4-5-6-7-8-12-15-18-23-28(24-19-16-13-10-9-11-14-17-22-27(2)3)36-32(35)30-26-21-20-25-29(30)31(33)34/h27-30H,4-26H2,1-3H3,(H,33,34). The van der Waals surface area contributed by atoms with Gasteiger partial charge in [-0.05, 0) is 44.4 Å². The molecule has 4 nitrogen and oxygen atoms in total. The zero-order valence-corrected chi connectivity index (χ0v) is 24.2. The summed E-state index contributed by atoms with van der Waals surface area (Å²) in [7, 11) is 0. The SMILES string of the molecule is CCCCCCCCCCC(CCCCCCCCCCC(C)C)OC(=O)C1CCCCC1C(=O)O. The fourth-order valence-electron chi connectivity index (χ4n) is 5.71. The Labute approximate surface area is 223 Å². The molecule has 1 N–H and O–H groups in total. The molecular weight excluding hydrogens is 448 g/mol. The summed E-state index contributed by atoms with van der Waals surface area (Å²) in [6.07, 6.45) is 26.8. The minimum Gasteiger partial charge on any atom is -0.481 e. The smallest absolute Gasteiger partial charge is 0.310 e. The fourth-order valence-corrected chi connectivity index (χ4v) is 5.71. The third-order valence-electron chi connectivity index (χ3n) is 8.11. The third kappa shape index (κ3) is 16.6. The first-order chi connectivity index (χ1) is 17.5. The predicted octanol–water partition coefficient (Wildman–Crippen LogP) is 9.88. The second kappa shape index (κ2) is 22.0. The molecule has 4 heteroatoms. The van der Waals surface area contributed by atoms with Crippen molar-refractivity contribution >= 4 is 11.9 Å². The van der Waals surface area contributed by atoms with Crippen LogP contribution in [0.15, 0.2) is 0 Å². The van der Waals surface area contributed by atoms with E-state index in [0.29, 0.717) is 12.8 Å². The van der Waals surface area contributed by atoms with Gasteiger partial charge in [-0.15, -0.1) is 0 Å². The molecule has 0 amide bonds. The Morgan fingerprint density at radius 1 is 0.667 bits per heavy atom. The van der Waals surface area contributed by atoms with Gasteiger partial charge in [0.1, 0.15) is 6.10 Å². The first kappa shape index (κ1) is 33.0. The molecule has 0 spiro atoms. The lowest BCUT2D eigenvalue weighted by Gasteiger charge is -2.29. The van der Waals surface area contributed by atoms with E-state index in [9.17, 15) is 14.7 Å². The van der Waals surface area contributed by atoms with Gasteiger partial charge in [-0.25, -0.2) is 0 Å². The summed E-state index contributed by atoms with van der Waals surface area (Å²) in [5, 5.41) is 9.58. The molecule has 1 aliphatic rings. The lowest BCUT2D eigenvalue weighted by Crippen LogP contribution is -2.35. The number of ether oxygens (including phenoxy) is 1. The molecule has 3 unspecified atom stereocenters. The van der Waals surface area contributed by atoms with E-state index in [1.807, 2.05) is 0 Å². The van der Waals surface area contributed by atoms with Crippen LogP contribution in [0.2, 0.25) is 0 Å². The van der Waals surface area contributed by atoms with E-state index >= 15 is 0 Å². The average Bonchev–Trinajstić information content (AvgIpc) is 2.86. The van der Waals surface area contributed by atoms with Gasteiger partial charge in [0.25, 0.3) is 0 Å². The summed E-state index contributed by atoms with van der Waals surface area (Å²) >= 11 is 0. The second-order valence-corrected chi connectivity index (χ2v) is 12.0. The molecule has 0 aromatic rings. The number of carboxylic acids is 1. The first-order valence-electron chi connectivity index (χ1n) is 15.9. The van der Waals surface area contributed by atoms with Crippen LogP contribution in [0.4, 0.5) is 0 Å². The van der Waals surface area contributed by atoms with E-state index in [1.165, 1.54) is 96.3 Å². The fraction of sp³-hybridized carbons (Fsp3) is 0.938. The van der Waals surface area contributed by atoms with E-state index in [0.717, 1.165) is 44.4 Å². The van der Waals surface area contributed by atoms with Crippen LogP contribution in [0.25, 0.3) is 0 Å². The Kier molecular flexibility index (Phi) is 20.1. The number of unbranched alkanes of at least 4 members (excludes halogenated alkanes) is 14. The van der Waals surface area contributed by atoms with Crippen LogP contribution in [0.3, 0.4) is 0 Å². The molecule has 3 atom stereocenters. The summed E-state index contributed by atoms with van der Waals surface area (Å²) in [5.74, 6) is -1.26. The highest BCUT2D eigenvalue weighted by Gasteiger charge is 2.37. The highest BCUT2D eigenvalue weighted by molar-refractivity contribution is 5.81. The van der Waals surface area contributed by atoms with E-state index in [4.69, 9.17) is 4.74 Å². The van der Waals surface area contributed by atoms with Crippen molar-refractivity contribution in [2.45, 2.75) is 175 Å². The minimum absolute atomic E-state index is 0.0370. The van der Waals surface area contributed by atoms with Crippen LogP contribution < -0.4 is 0 Å². The molecule has 36 heavy (non-hydrogen) atoms. The summed E-state index contributed by atoms with van der Waals surface area (Å²) in [4.78, 5) is 24.6. The van der Waals surface area contributed by atoms with Crippen molar-refractivity contribution in [2.75, 3.05) is 0 Å². The number of rotatable bonds is 23. The highest BCUT2D eigenvalue weighted by Crippen LogP contribution is 2.32. The van der Waals surface area contributed by atoms with Gasteiger partial charge in [0, 0.05) is 0 Å². The maximum Gasteiger partial charge on any atom is 0.310 e. The molecule has 0 bridgehead atoms. The lowest BCUT2D eigenvalue weighted by molar-refractivity contribution is -0.164. The van der Waals surface area contributed by atoms with E-state index in [-0.39, 0.29) is 12.1 Å².